The van der Waals surface area contributed by atoms with Gasteiger partial charge in [-0.25, -0.2) is 4.52 Å². The molecule has 2 aromatic heterocycles. The van der Waals surface area contributed by atoms with Gasteiger partial charge < -0.3 is 5.32 Å². The van der Waals surface area contributed by atoms with Gasteiger partial charge in [0, 0.05) is 12.2 Å². The molecule has 0 unspecified atom stereocenters. The van der Waals surface area contributed by atoms with E-state index in [4.69, 9.17) is 0 Å². The van der Waals surface area contributed by atoms with E-state index in [1.54, 1.807) is 4.52 Å². The van der Waals surface area contributed by atoms with Crippen LogP contribution in [0.1, 0.15) is 19.4 Å². The normalized spacial score (nSPS) is 11.4. The molecular formula is C10H15N5. The minimum Gasteiger partial charge on any atom is -0.314 e. The van der Waals surface area contributed by atoms with E-state index in [1.807, 2.05) is 12.3 Å². The smallest absolute Gasteiger partial charge is 0.179 e. The molecule has 0 spiro atoms. The Balaban J connectivity index is 2.02. The summed E-state index contributed by atoms with van der Waals surface area (Å²) in [5.41, 5.74) is 2.03. The van der Waals surface area contributed by atoms with Crippen LogP contribution in [-0.4, -0.2) is 32.6 Å². The van der Waals surface area contributed by atoms with Gasteiger partial charge in [0.25, 0.3) is 0 Å². The Labute approximate surface area is 88.5 Å². The van der Waals surface area contributed by atoms with Gasteiger partial charge in [0.15, 0.2) is 5.65 Å². The van der Waals surface area contributed by atoms with Crippen molar-refractivity contribution in [2.75, 3.05) is 6.54 Å². The van der Waals surface area contributed by atoms with Gasteiger partial charge in [-0.3, -0.25) is 0 Å². The van der Waals surface area contributed by atoms with Crippen molar-refractivity contribution in [1.82, 2.24) is 25.4 Å². The first-order valence-electron chi connectivity index (χ1n) is 5.16. The highest BCUT2D eigenvalue weighted by Crippen LogP contribution is 2.02. The zero-order valence-electron chi connectivity index (χ0n) is 9.01. The molecule has 0 aliphatic heterocycles. The molecule has 2 rings (SSSR count). The average molecular weight is 205 g/mol. The van der Waals surface area contributed by atoms with Gasteiger partial charge >= 0.3 is 0 Å². The first kappa shape index (κ1) is 10.0. The number of aromatic nitrogens is 4. The molecule has 2 aromatic rings. The van der Waals surface area contributed by atoms with Gasteiger partial charge in [-0.1, -0.05) is 19.9 Å². The van der Waals surface area contributed by atoms with Gasteiger partial charge in [-0.2, -0.15) is 0 Å². The lowest BCUT2D eigenvalue weighted by Gasteiger charge is -2.07. The van der Waals surface area contributed by atoms with Crippen LogP contribution in [0.2, 0.25) is 0 Å². The maximum atomic E-state index is 3.86. The topological polar surface area (TPSA) is 55.1 Å². The van der Waals surface area contributed by atoms with E-state index >= 15 is 0 Å². The van der Waals surface area contributed by atoms with Crippen molar-refractivity contribution in [3.63, 3.8) is 0 Å². The molecule has 5 nitrogen and oxygen atoms in total. The Morgan fingerprint density at radius 3 is 3.07 bits per heavy atom. The fraction of sp³-hybridized carbons (Fsp3) is 0.500. The Kier molecular flexibility index (Phi) is 2.91. The summed E-state index contributed by atoms with van der Waals surface area (Å²) in [6.07, 6.45) is 2.96. The largest absolute Gasteiger partial charge is 0.314 e. The van der Waals surface area contributed by atoms with E-state index < -0.39 is 0 Å². The fourth-order valence-electron chi connectivity index (χ4n) is 1.44. The summed E-state index contributed by atoms with van der Waals surface area (Å²) in [5.74, 6) is 0. The van der Waals surface area contributed by atoms with E-state index in [0.717, 1.165) is 18.6 Å². The quantitative estimate of drug-likeness (QED) is 0.797. The van der Waals surface area contributed by atoms with Crippen molar-refractivity contribution in [3.05, 3.63) is 23.9 Å². The molecule has 0 saturated heterocycles. The zero-order valence-corrected chi connectivity index (χ0v) is 9.01. The molecule has 0 bridgehead atoms. The molecule has 80 valence electrons. The highest BCUT2D eigenvalue weighted by Gasteiger charge is 1.99. The van der Waals surface area contributed by atoms with E-state index in [1.165, 1.54) is 5.56 Å². The standard InChI is InChI=1S/C10H15N5/c1-8(2)11-6-5-9-3-4-10-12-13-14-15(10)7-9/h3-4,7-8,11H,5-6H2,1-2H3. The Bertz CT molecular complexity index is 434. The Morgan fingerprint density at radius 2 is 2.27 bits per heavy atom. The number of fused-ring (bicyclic) bond motifs is 1. The summed E-state index contributed by atoms with van der Waals surface area (Å²) in [6, 6.07) is 4.53. The summed E-state index contributed by atoms with van der Waals surface area (Å²) in [4.78, 5) is 0. The second-order valence-electron chi connectivity index (χ2n) is 3.88. The first-order valence-corrected chi connectivity index (χ1v) is 5.16. The number of rotatable bonds is 4. The third kappa shape index (κ3) is 2.50. The minimum absolute atomic E-state index is 0.529. The van der Waals surface area contributed by atoms with E-state index in [-0.39, 0.29) is 0 Å². The highest BCUT2D eigenvalue weighted by atomic mass is 15.5. The van der Waals surface area contributed by atoms with Gasteiger partial charge in [-0.05, 0) is 35.0 Å². The maximum Gasteiger partial charge on any atom is 0.179 e. The third-order valence-corrected chi connectivity index (χ3v) is 2.22. The summed E-state index contributed by atoms with van der Waals surface area (Å²) >= 11 is 0. The van der Waals surface area contributed by atoms with Crippen LogP contribution in [0.25, 0.3) is 5.65 Å². The molecule has 0 amide bonds. The van der Waals surface area contributed by atoms with E-state index in [2.05, 4.69) is 40.8 Å². The lowest BCUT2D eigenvalue weighted by Crippen LogP contribution is -2.25. The average Bonchev–Trinajstić information content (AvgIpc) is 2.64. The molecule has 0 atom stereocenters. The zero-order chi connectivity index (χ0) is 10.7. The fourth-order valence-corrected chi connectivity index (χ4v) is 1.44. The number of hydrogen-bond acceptors (Lipinski definition) is 4. The Hall–Kier alpha value is -1.49. The van der Waals surface area contributed by atoms with Crippen LogP contribution in [0.4, 0.5) is 0 Å². The highest BCUT2D eigenvalue weighted by molar-refractivity contribution is 5.36. The van der Waals surface area contributed by atoms with Crippen molar-refractivity contribution < 1.29 is 0 Å². The summed E-state index contributed by atoms with van der Waals surface area (Å²) in [5, 5.41) is 14.7. The summed E-state index contributed by atoms with van der Waals surface area (Å²) < 4.78 is 1.70. The van der Waals surface area contributed by atoms with Gasteiger partial charge in [0.2, 0.25) is 0 Å². The molecule has 0 aromatic carbocycles. The summed E-state index contributed by atoms with van der Waals surface area (Å²) in [6.45, 7) is 5.26. The van der Waals surface area contributed by atoms with E-state index in [9.17, 15) is 0 Å². The molecule has 0 saturated carbocycles. The lowest BCUT2D eigenvalue weighted by atomic mass is 10.2. The van der Waals surface area contributed by atoms with Crippen LogP contribution in [0.5, 0.6) is 0 Å². The van der Waals surface area contributed by atoms with Crippen LogP contribution in [0.15, 0.2) is 18.3 Å². The van der Waals surface area contributed by atoms with Gasteiger partial charge in [0.1, 0.15) is 0 Å². The third-order valence-electron chi connectivity index (χ3n) is 2.22. The van der Waals surface area contributed by atoms with Crippen LogP contribution in [0, 0.1) is 0 Å². The SMILES string of the molecule is CC(C)NCCc1ccc2nnnn2c1. The predicted molar refractivity (Wildman–Crippen MR) is 57.6 cm³/mol. The molecule has 0 aliphatic rings. The Morgan fingerprint density at radius 1 is 1.40 bits per heavy atom. The van der Waals surface area contributed by atoms with Crippen molar-refractivity contribution >= 4 is 5.65 Å². The van der Waals surface area contributed by atoms with Crippen molar-refractivity contribution in [2.24, 2.45) is 0 Å². The second kappa shape index (κ2) is 4.35. The predicted octanol–water partition coefficient (Wildman–Crippen LogP) is 0.665. The first-order chi connectivity index (χ1) is 7.25. The molecule has 2 heterocycles. The molecule has 0 aliphatic carbocycles. The minimum atomic E-state index is 0.529. The van der Waals surface area contributed by atoms with Crippen molar-refractivity contribution in [1.29, 1.82) is 0 Å². The second-order valence-corrected chi connectivity index (χ2v) is 3.88. The van der Waals surface area contributed by atoms with E-state index in [0.29, 0.717) is 6.04 Å². The lowest BCUT2D eigenvalue weighted by molar-refractivity contribution is 0.589. The molecule has 0 fully saturated rings. The molecular weight excluding hydrogens is 190 g/mol. The molecule has 0 radical (unpaired) electrons. The van der Waals surface area contributed by atoms with Crippen molar-refractivity contribution in [3.8, 4) is 0 Å². The van der Waals surface area contributed by atoms with Crippen LogP contribution in [0.3, 0.4) is 0 Å². The number of nitrogens with zero attached hydrogens (tertiary/aromatic N) is 4. The molecule has 5 heteroatoms. The van der Waals surface area contributed by atoms with Crippen LogP contribution in [-0.2, 0) is 6.42 Å². The maximum absolute atomic E-state index is 3.86. The van der Waals surface area contributed by atoms with Crippen molar-refractivity contribution in [2.45, 2.75) is 26.3 Å². The summed E-state index contributed by atoms with van der Waals surface area (Å²) in [7, 11) is 0. The van der Waals surface area contributed by atoms with Gasteiger partial charge in [-0.15, -0.1) is 5.10 Å². The molecule has 15 heavy (non-hydrogen) atoms. The van der Waals surface area contributed by atoms with Crippen LogP contribution < -0.4 is 5.32 Å². The molecule has 1 N–H and O–H groups in total. The van der Waals surface area contributed by atoms with Gasteiger partial charge in [0.05, 0.1) is 0 Å². The number of tetrazole rings is 1. The van der Waals surface area contributed by atoms with Crippen LogP contribution >= 0.6 is 0 Å². The number of nitrogens with one attached hydrogen (secondary N) is 1. The number of hydrogen-bond donors (Lipinski definition) is 1. The number of pyridine rings is 1. The monoisotopic (exact) mass is 205 g/mol.